The molecule has 1 saturated heterocycles. The van der Waals surface area contributed by atoms with Gasteiger partial charge in [0.05, 0.1) is 30.5 Å². The second-order valence-electron chi connectivity index (χ2n) is 10.5. The van der Waals surface area contributed by atoms with E-state index in [-0.39, 0.29) is 24.7 Å². The third kappa shape index (κ3) is 6.74. The SMILES string of the molecule is COCOc1cc(C(F)(F)F)ccc1-c1nnc(CC2CN(C(=O)OC(C)(C)C)CCO2)c2c1CCCC2. The maximum Gasteiger partial charge on any atom is 0.416 e. The molecule has 0 spiro atoms. The van der Waals surface area contributed by atoms with Crippen molar-refractivity contribution in [3.63, 3.8) is 0 Å². The Kier molecular flexibility index (Phi) is 8.46. The number of ether oxygens (including phenoxy) is 4. The molecule has 2 aromatic rings. The Labute approximate surface area is 220 Å². The second-order valence-corrected chi connectivity index (χ2v) is 10.5. The monoisotopic (exact) mass is 537 g/mol. The molecule has 208 valence electrons. The van der Waals surface area contributed by atoms with Crippen molar-refractivity contribution in [1.82, 2.24) is 15.1 Å². The summed E-state index contributed by atoms with van der Waals surface area (Å²) in [5, 5.41) is 8.99. The first-order chi connectivity index (χ1) is 18.0. The van der Waals surface area contributed by atoms with Gasteiger partial charge in [0.25, 0.3) is 0 Å². The molecule has 0 saturated carbocycles. The van der Waals surface area contributed by atoms with Crippen LogP contribution < -0.4 is 4.74 Å². The van der Waals surface area contributed by atoms with Crippen molar-refractivity contribution in [3.05, 3.63) is 40.6 Å². The highest BCUT2D eigenvalue weighted by atomic mass is 19.4. The molecule has 0 N–H and O–H groups in total. The second kappa shape index (κ2) is 11.4. The lowest BCUT2D eigenvalue weighted by atomic mass is 9.86. The van der Waals surface area contributed by atoms with Crippen molar-refractivity contribution in [2.24, 2.45) is 0 Å². The summed E-state index contributed by atoms with van der Waals surface area (Å²) in [4.78, 5) is 14.2. The van der Waals surface area contributed by atoms with Gasteiger partial charge >= 0.3 is 12.3 Å². The van der Waals surface area contributed by atoms with Crippen molar-refractivity contribution >= 4 is 6.09 Å². The minimum Gasteiger partial charge on any atom is -0.467 e. The normalized spacial score (nSPS) is 18.2. The van der Waals surface area contributed by atoms with Crippen LogP contribution in [0, 0.1) is 0 Å². The van der Waals surface area contributed by atoms with E-state index in [2.05, 4.69) is 10.2 Å². The van der Waals surface area contributed by atoms with E-state index in [1.54, 1.807) is 4.90 Å². The van der Waals surface area contributed by atoms with Gasteiger partial charge in [-0.3, -0.25) is 0 Å². The summed E-state index contributed by atoms with van der Waals surface area (Å²) in [7, 11) is 1.40. The Morgan fingerprint density at radius 2 is 1.87 bits per heavy atom. The number of hydrogen-bond donors (Lipinski definition) is 0. The standard InChI is InChI=1S/C27H34F3N3O5/c1-26(2,3)38-25(34)33-11-12-36-18(15-33)14-22-19-7-5-6-8-20(19)24(32-31-22)21-10-9-17(27(28,29)30)13-23(21)37-16-35-4/h9-10,13,18H,5-8,11-12,14-16H2,1-4H3. The predicted octanol–water partition coefficient (Wildman–Crippen LogP) is 5.20. The summed E-state index contributed by atoms with van der Waals surface area (Å²) in [5.74, 6) is 0.0418. The van der Waals surface area contributed by atoms with Crippen LogP contribution >= 0.6 is 0 Å². The number of carbonyl (C=O) groups excluding carboxylic acids is 1. The lowest BCUT2D eigenvalue weighted by Gasteiger charge is -2.34. The average Bonchev–Trinajstić information content (AvgIpc) is 2.86. The predicted molar refractivity (Wildman–Crippen MR) is 133 cm³/mol. The summed E-state index contributed by atoms with van der Waals surface area (Å²) >= 11 is 0. The van der Waals surface area contributed by atoms with Crippen LogP contribution in [0.1, 0.15) is 56.0 Å². The molecule has 1 atom stereocenters. The van der Waals surface area contributed by atoms with Gasteiger partial charge in [-0.2, -0.15) is 18.3 Å². The van der Waals surface area contributed by atoms with E-state index in [1.807, 2.05) is 20.8 Å². The molecule has 1 unspecified atom stereocenters. The third-order valence-corrected chi connectivity index (χ3v) is 6.48. The molecule has 0 bridgehead atoms. The van der Waals surface area contributed by atoms with Crippen molar-refractivity contribution in [2.45, 2.75) is 70.8 Å². The number of methoxy groups -OCH3 is 1. The van der Waals surface area contributed by atoms with Crippen molar-refractivity contribution in [2.75, 3.05) is 33.6 Å². The highest BCUT2D eigenvalue weighted by Gasteiger charge is 2.33. The van der Waals surface area contributed by atoms with Crippen LogP contribution in [0.3, 0.4) is 0 Å². The fourth-order valence-corrected chi connectivity index (χ4v) is 4.78. The number of morpholine rings is 1. The number of hydrogen-bond acceptors (Lipinski definition) is 7. The molecular weight excluding hydrogens is 503 g/mol. The zero-order valence-electron chi connectivity index (χ0n) is 22.2. The molecule has 0 radical (unpaired) electrons. The summed E-state index contributed by atoms with van der Waals surface area (Å²) in [6, 6.07) is 3.39. The van der Waals surface area contributed by atoms with Crippen molar-refractivity contribution in [1.29, 1.82) is 0 Å². The summed E-state index contributed by atoms with van der Waals surface area (Å²) < 4.78 is 62.0. The maximum atomic E-state index is 13.4. The minimum atomic E-state index is -4.51. The Bertz CT molecular complexity index is 1150. The smallest absolute Gasteiger partial charge is 0.416 e. The molecule has 2 heterocycles. The van der Waals surface area contributed by atoms with Crippen molar-refractivity contribution < 1.29 is 36.9 Å². The molecular formula is C27H34F3N3O5. The third-order valence-electron chi connectivity index (χ3n) is 6.48. The number of benzene rings is 1. The quantitative estimate of drug-likeness (QED) is 0.469. The first-order valence-electron chi connectivity index (χ1n) is 12.8. The molecule has 38 heavy (non-hydrogen) atoms. The molecule has 1 aliphatic carbocycles. The average molecular weight is 538 g/mol. The van der Waals surface area contributed by atoms with Gasteiger partial charge in [0, 0.05) is 25.6 Å². The number of aromatic nitrogens is 2. The van der Waals surface area contributed by atoms with Crippen LogP contribution in [0.15, 0.2) is 18.2 Å². The van der Waals surface area contributed by atoms with Crippen LogP contribution in [0.25, 0.3) is 11.3 Å². The van der Waals surface area contributed by atoms with Gasteiger partial charge in [-0.1, -0.05) is 0 Å². The zero-order chi connectivity index (χ0) is 27.5. The number of nitrogens with zero attached hydrogens (tertiary/aromatic N) is 3. The van der Waals surface area contributed by atoms with Gasteiger partial charge in [-0.15, -0.1) is 5.10 Å². The van der Waals surface area contributed by atoms with E-state index >= 15 is 0 Å². The number of carbonyl (C=O) groups is 1. The van der Waals surface area contributed by atoms with E-state index in [0.29, 0.717) is 37.4 Å². The van der Waals surface area contributed by atoms with Gasteiger partial charge in [0.2, 0.25) is 0 Å². The zero-order valence-corrected chi connectivity index (χ0v) is 22.2. The lowest BCUT2D eigenvalue weighted by Crippen LogP contribution is -2.48. The maximum absolute atomic E-state index is 13.4. The molecule has 11 heteroatoms. The molecule has 8 nitrogen and oxygen atoms in total. The minimum absolute atomic E-state index is 0.0418. The lowest BCUT2D eigenvalue weighted by molar-refractivity contribution is -0.137. The van der Waals surface area contributed by atoms with E-state index in [0.717, 1.165) is 54.6 Å². The van der Waals surface area contributed by atoms with Crippen LogP contribution in [-0.2, 0) is 39.6 Å². The number of fused-ring (bicyclic) bond motifs is 1. The number of alkyl halides is 3. The van der Waals surface area contributed by atoms with E-state index in [9.17, 15) is 18.0 Å². The van der Waals surface area contributed by atoms with E-state index < -0.39 is 17.3 Å². The van der Waals surface area contributed by atoms with Crippen LogP contribution in [0.2, 0.25) is 0 Å². The fraction of sp³-hybridized carbons (Fsp3) is 0.593. The van der Waals surface area contributed by atoms with Crippen LogP contribution in [-0.4, -0.2) is 66.5 Å². The molecule has 1 fully saturated rings. The van der Waals surface area contributed by atoms with Gasteiger partial charge in [-0.05, 0) is 75.8 Å². The molecule has 1 aromatic heterocycles. The van der Waals surface area contributed by atoms with E-state index in [4.69, 9.17) is 18.9 Å². The van der Waals surface area contributed by atoms with Gasteiger partial charge in [0.1, 0.15) is 17.0 Å². The highest BCUT2D eigenvalue weighted by Crippen LogP contribution is 2.40. The topological polar surface area (TPSA) is 83.0 Å². The number of amides is 1. The first-order valence-corrected chi connectivity index (χ1v) is 12.8. The van der Waals surface area contributed by atoms with Gasteiger partial charge in [-0.25, -0.2) is 4.79 Å². The highest BCUT2D eigenvalue weighted by molar-refractivity contribution is 5.72. The van der Waals surface area contributed by atoms with Crippen LogP contribution in [0.4, 0.5) is 18.0 Å². The summed E-state index contributed by atoms with van der Waals surface area (Å²) in [6.07, 6.45) is -1.26. The Morgan fingerprint density at radius 3 is 2.55 bits per heavy atom. The summed E-state index contributed by atoms with van der Waals surface area (Å²) in [5.41, 5.74) is 2.34. The molecule has 1 aromatic carbocycles. The van der Waals surface area contributed by atoms with E-state index in [1.165, 1.54) is 13.2 Å². The Hall–Kier alpha value is -2.92. The molecule has 1 aliphatic heterocycles. The molecule has 1 amide bonds. The largest absolute Gasteiger partial charge is 0.467 e. The number of halogens is 3. The van der Waals surface area contributed by atoms with Crippen LogP contribution in [0.5, 0.6) is 5.75 Å². The number of rotatable bonds is 6. The molecule has 4 rings (SSSR count). The first kappa shape index (κ1) is 28.1. The van der Waals surface area contributed by atoms with Crippen molar-refractivity contribution in [3.8, 4) is 17.0 Å². The summed E-state index contributed by atoms with van der Waals surface area (Å²) in [6.45, 7) is 6.50. The molecule has 2 aliphatic rings. The Morgan fingerprint density at radius 1 is 1.13 bits per heavy atom. The Balaban J connectivity index is 1.62. The fourth-order valence-electron chi connectivity index (χ4n) is 4.78. The van der Waals surface area contributed by atoms with Gasteiger partial charge < -0.3 is 23.8 Å². The van der Waals surface area contributed by atoms with Gasteiger partial charge in [0.15, 0.2) is 6.79 Å².